The van der Waals surface area contributed by atoms with E-state index in [1.165, 1.54) is 42.6 Å². The molecule has 0 bridgehead atoms. The highest BCUT2D eigenvalue weighted by molar-refractivity contribution is 6.53. The minimum absolute atomic E-state index is 0.0594. The second kappa shape index (κ2) is 8.87. The number of amides is 2. The smallest absolute Gasteiger partial charge is 0.274 e. The number of rotatable bonds is 5. The molecule has 0 saturated heterocycles. The Labute approximate surface area is 202 Å². The molecule has 1 aliphatic carbocycles. The number of carbonyl (C=O) groups excluding carboxylic acids is 2. The maximum absolute atomic E-state index is 13.0. The lowest BCUT2D eigenvalue weighted by atomic mass is 10.1. The highest BCUT2D eigenvalue weighted by Crippen LogP contribution is 2.65. The van der Waals surface area contributed by atoms with Crippen molar-refractivity contribution in [3.8, 4) is 0 Å². The molecule has 3 aromatic rings. The Morgan fingerprint density at radius 3 is 2.22 bits per heavy atom. The van der Waals surface area contributed by atoms with Crippen LogP contribution < -0.4 is 10.6 Å². The van der Waals surface area contributed by atoms with Gasteiger partial charge in [-0.25, -0.2) is 4.39 Å². The number of nitrogens with zero attached hydrogens (tertiary/aromatic N) is 1. The molecule has 2 unspecified atom stereocenters. The summed E-state index contributed by atoms with van der Waals surface area (Å²) in [6.07, 6.45) is 1.38. The number of hydrogen-bond donors (Lipinski definition) is 2. The Morgan fingerprint density at radius 1 is 0.906 bits per heavy atom. The van der Waals surface area contributed by atoms with Gasteiger partial charge >= 0.3 is 0 Å². The number of pyridine rings is 1. The molecule has 1 saturated carbocycles. The van der Waals surface area contributed by atoms with Gasteiger partial charge in [-0.15, -0.1) is 23.2 Å². The largest absolute Gasteiger partial charge is 0.326 e. The molecule has 2 aromatic carbocycles. The van der Waals surface area contributed by atoms with Crippen LogP contribution in [-0.4, -0.2) is 21.1 Å². The van der Waals surface area contributed by atoms with Crippen molar-refractivity contribution in [1.29, 1.82) is 0 Å². The maximum Gasteiger partial charge on any atom is 0.274 e. The molecule has 0 radical (unpaired) electrons. The average molecular weight is 513 g/mol. The Morgan fingerprint density at radius 2 is 1.56 bits per heavy atom. The maximum atomic E-state index is 13.0. The van der Waals surface area contributed by atoms with Crippen LogP contribution >= 0.6 is 46.4 Å². The normalized spacial score (nSPS) is 18.7. The molecule has 2 atom stereocenters. The van der Waals surface area contributed by atoms with Crippen LogP contribution in [0.15, 0.2) is 60.8 Å². The molecule has 0 aliphatic heterocycles. The third-order valence-electron chi connectivity index (χ3n) is 4.94. The van der Waals surface area contributed by atoms with E-state index in [2.05, 4.69) is 15.6 Å². The van der Waals surface area contributed by atoms with Crippen molar-refractivity contribution in [3.63, 3.8) is 0 Å². The lowest BCUT2D eigenvalue weighted by molar-refractivity contribution is -0.117. The van der Waals surface area contributed by atoms with Gasteiger partial charge in [0.1, 0.15) is 15.8 Å². The van der Waals surface area contributed by atoms with E-state index in [-0.39, 0.29) is 5.69 Å². The summed E-state index contributed by atoms with van der Waals surface area (Å²) in [6.45, 7) is 0. The Kier molecular flexibility index (Phi) is 6.32. The van der Waals surface area contributed by atoms with Crippen molar-refractivity contribution in [2.45, 2.75) is 10.3 Å². The molecule has 5 nitrogen and oxygen atoms in total. The van der Waals surface area contributed by atoms with Gasteiger partial charge in [-0.2, -0.15) is 0 Å². The molecule has 1 aliphatic rings. The van der Waals surface area contributed by atoms with Crippen LogP contribution in [-0.2, 0) is 4.79 Å². The van der Waals surface area contributed by atoms with Gasteiger partial charge in [-0.1, -0.05) is 23.2 Å². The van der Waals surface area contributed by atoms with Crippen LogP contribution in [0, 0.1) is 11.7 Å². The van der Waals surface area contributed by atoms with Crippen molar-refractivity contribution in [2.24, 2.45) is 5.92 Å². The molecule has 1 aromatic heterocycles. The number of alkyl halides is 2. The van der Waals surface area contributed by atoms with Gasteiger partial charge in [0.2, 0.25) is 5.91 Å². The van der Waals surface area contributed by atoms with E-state index in [1.807, 2.05) is 0 Å². The van der Waals surface area contributed by atoms with Gasteiger partial charge in [0.15, 0.2) is 0 Å². The third-order valence-corrected chi connectivity index (χ3v) is 6.32. The number of halogens is 5. The topological polar surface area (TPSA) is 71.1 Å². The standard InChI is InChI=1S/C22H14Cl4FN3O2/c23-12-7-11(8-13(24)9-12)18-19(22(18,25)26)21(32)30-16-5-6-28-17(10-16)20(31)29-15-3-1-14(27)2-4-15/h1-10,18-19H,(H,29,31)(H,28,30,32). The Hall–Kier alpha value is -2.38. The minimum Gasteiger partial charge on any atom is -0.326 e. The van der Waals surface area contributed by atoms with Crippen molar-refractivity contribution in [1.82, 2.24) is 4.98 Å². The van der Waals surface area contributed by atoms with Crippen LogP contribution in [0.3, 0.4) is 0 Å². The van der Waals surface area contributed by atoms with E-state index in [0.29, 0.717) is 27.0 Å². The van der Waals surface area contributed by atoms with Crippen molar-refractivity contribution in [2.75, 3.05) is 10.6 Å². The molecule has 2 N–H and O–H groups in total. The molecule has 4 rings (SSSR count). The molecule has 164 valence electrons. The summed E-state index contributed by atoms with van der Waals surface area (Å²) in [5.74, 6) is -2.60. The number of aromatic nitrogens is 1. The van der Waals surface area contributed by atoms with Crippen molar-refractivity contribution < 1.29 is 14.0 Å². The summed E-state index contributed by atoms with van der Waals surface area (Å²) < 4.78 is 11.7. The van der Waals surface area contributed by atoms with Crippen molar-refractivity contribution >= 4 is 69.6 Å². The zero-order chi connectivity index (χ0) is 23.0. The van der Waals surface area contributed by atoms with Crippen molar-refractivity contribution in [3.05, 3.63) is 87.9 Å². The first-order valence-corrected chi connectivity index (χ1v) is 10.8. The van der Waals surface area contributed by atoms with Crippen LogP contribution in [0.25, 0.3) is 0 Å². The molecule has 1 fully saturated rings. The highest BCUT2D eigenvalue weighted by atomic mass is 35.5. The molecular formula is C22H14Cl4FN3O2. The zero-order valence-corrected chi connectivity index (χ0v) is 19.1. The first-order chi connectivity index (χ1) is 15.1. The summed E-state index contributed by atoms with van der Waals surface area (Å²) in [4.78, 5) is 29.3. The van der Waals surface area contributed by atoms with Gasteiger partial charge in [-0.05, 0) is 60.2 Å². The Balaban J connectivity index is 1.47. The SMILES string of the molecule is O=C(Nc1ccc(F)cc1)c1cc(NC(=O)C2C(c3cc(Cl)cc(Cl)c3)C2(Cl)Cl)ccn1. The summed E-state index contributed by atoms with van der Waals surface area (Å²) in [5.41, 5.74) is 1.46. The Bertz CT molecular complexity index is 1180. The summed E-state index contributed by atoms with van der Waals surface area (Å²) in [5, 5.41) is 6.14. The molecule has 1 heterocycles. The van der Waals surface area contributed by atoms with Gasteiger partial charge < -0.3 is 10.6 Å². The van der Waals surface area contributed by atoms with E-state index in [0.717, 1.165) is 0 Å². The molecule has 10 heteroatoms. The molecule has 0 spiro atoms. The fraction of sp³-hybridized carbons (Fsp3) is 0.136. The second-order valence-corrected chi connectivity index (χ2v) is 9.53. The fourth-order valence-electron chi connectivity index (χ4n) is 3.40. The van der Waals surface area contributed by atoms with Gasteiger partial charge in [0, 0.05) is 33.5 Å². The third kappa shape index (κ3) is 4.84. The van der Waals surface area contributed by atoms with E-state index in [4.69, 9.17) is 46.4 Å². The van der Waals surface area contributed by atoms with E-state index >= 15 is 0 Å². The number of nitrogens with one attached hydrogen (secondary N) is 2. The second-order valence-electron chi connectivity index (χ2n) is 7.21. The predicted molar refractivity (Wildman–Crippen MR) is 124 cm³/mol. The number of anilines is 2. The lowest BCUT2D eigenvalue weighted by Crippen LogP contribution is -2.18. The first-order valence-electron chi connectivity index (χ1n) is 9.33. The number of benzene rings is 2. The number of hydrogen-bond acceptors (Lipinski definition) is 3. The number of carbonyl (C=O) groups is 2. The van der Waals surface area contributed by atoms with Crippen LogP contribution in [0.4, 0.5) is 15.8 Å². The average Bonchev–Trinajstić information content (AvgIpc) is 3.31. The van der Waals surface area contributed by atoms with Crippen LogP contribution in [0.1, 0.15) is 22.0 Å². The monoisotopic (exact) mass is 511 g/mol. The van der Waals surface area contributed by atoms with Gasteiger partial charge in [-0.3, -0.25) is 14.6 Å². The fourth-order valence-corrected chi connectivity index (χ4v) is 4.77. The minimum atomic E-state index is -1.33. The first kappa shape index (κ1) is 22.8. The van der Waals surface area contributed by atoms with Crippen LogP contribution in [0.5, 0.6) is 0 Å². The lowest BCUT2D eigenvalue weighted by Gasteiger charge is -2.08. The van der Waals surface area contributed by atoms with Crippen LogP contribution in [0.2, 0.25) is 10.0 Å². The predicted octanol–water partition coefficient (Wildman–Crippen LogP) is 6.31. The molecule has 2 amide bonds. The summed E-state index contributed by atoms with van der Waals surface area (Å²) in [6, 6.07) is 13.1. The van der Waals surface area contributed by atoms with E-state index < -0.39 is 33.8 Å². The van der Waals surface area contributed by atoms with Gasteiger partial charge in [0.05, 0.1) is 5.92 Å². The van der Waals surface area contributed by atoms with Gasteiger partial charge in [0.25, 0.3) is 5.91 Å². The highest BCUT2D eigenvalue weighted by Gasteiger charge is 2.67. The molecular weight excluding hydrogens is 499 g/mol. The molecule has 32 heavy (non-hydrogen) atoms. The zero-order valence-electron chi connectivity index (χ0n) is 16.1. The quantitative estimate of drug-likeness (QED) is 0.394. The summed E-state index contributed by atoms with van der Waals surface area (Å²) in [7, 11) is 0. The van der Waals surface area contributed by atoms with E-state index in [1.54, 1.807) is 18.2 Å². The summed E-state index contributed by atoms with van der Waals surface area (Å²) >= 11 is 24.8. The van der Waals surface area contributed by atoms with E-state index in [9.17, 15) is 14.0 Å².